The fourth-order valence-corrected chi connectivity index (χ4v) is 4.41. The summed E-state index contributed by atoms with van der Waals surface area (Å²) in [5.41, 5.74) is 0. The van der Waals surface area contributed by atoms with Gasteiger partial charge in [-0.25, -0.2) is 0 Å². The Morgan fingerprint density at radius 1 is 1.09 bits per heavy atom. The maximum Gasteiger partial charge on any atom is 0.244 e. The van der Waals surface area contributed by atoms with Crippen molar-refractivity contribution >= 4 is 24.2 Å². The minimum Gasteiger partial charge on any atom is -0.344 e. The second kappa shape index (κ2) is 7.84. The van der Waals surface area contributed by atoms with Crippen molar-refractivity contribution in [3.8, 4) is 0 Å². The average Bonchev–Trinajstić information content (AvgIpc) is 3.15. The van der Waals surface area contributed by atoms with E-state index >= 15 is 0 Å². The zero-order valence-electron chi connectivity index (χ0n) is 14.2. The zero-order valence-corrected chi connectivity index (χ0v) is 15.0. The maximum absolute atomic E-state index is 12.6. The number of amides is 2. The molecule has 0 aromatic heterocycles. The lowest BCUT2D eigenvalue weighted by Crippen LogP contribution is -2.53. The summed E-state index contributed by atoms with van der Waals surface area (Å²) in [5.74, 6) is 0.241. The smallest absolute Gasteiger partial charge is 0.244 e. The summed E-state index contributed by atoms with van der Waals surface area (Å²) in [7, 11) is 1.90. The lowest BCUT2D eigenvalue weighted by atomic mass is 9.98. The van der Waals surface area contributed by atoms with Crippen molar-refractivity contribution in [2.45, 2.75) is 82.5 Å². The molecule has 132 valence electrons. The first-order chi connectivity index (χ1) is 10.5. The number of piperidine rings is 1. The van der Waals surface area contributed by atoms with E-state index in [1.54, 1.807) is 0 Å². The number of carbonyl (C=O) groups is 2. The third kappa shape index (κ3) is 4.18. The topological polar surface area (TPSA) is 61.4 Å². The molecule has 1 aliphatic carbocycles. The number of rotatable bonds is 4. The first-order valence-corrected chi connectivity index (χ1v) is 8.87. The van der Waals surface area contributed by atoms with Crippen LogP contribution < -0.4 is 10.6 Å². The van der Waals surface area contributed by atoms with E-state index in [4.69, 9.17) is 0 Å². The van der Waals surface area contributed by atoms with Crippen molar-refractivity contribution in [2.24, 2.45) is 5.92 Å². The van der Waals surface area contributed by atoms with Gasteiger partial charge in [0.1, 0.15) is 6.04 Å². The number of carbonyl (C=O) groups excluding carboxylic acids is 2. The quantitative estimate of drug-likeness (QED) is 0.818. The summed E-state index contributed by atoms with van der Waals surface area (Å²) in [5, 5.41) is 6.54. The Labute approximate surface area is 145 Å². The second-order valence-corrected chi connectivity index (χ2v) is 7.42. The second-order valence-electron chi connectivity index (χ2n) is 7.42. The standard InChI is InChI=1S/C17H29N3O2.ClH/c1-11(18-16(21)12-5-3-4-6-12)17(22)20(2)15-9-13-7-8-14(10-15)19-13;/h11-15,19H,3-10H2,1-2H3,(H,18,21);1H. The largest absolute Gasteiger partial charge is 0.344 e. The van der Waals surface area contributed by atoms with E-state index in [9.17, 15) is 9.59 Å². The van der Waals surface area contributed by atoms with Crippen molar-refractivity contribution in [1.29, 1.82) is 0 Å². The fraction of sp³-hybridized carbons (Fsp3) is 0.882. The molecular formula is C17H30ClN3O2. The van der Waals surface area contributed by atoms with Gasteiger partial charge in [0.05, 0.1) is 0 Å². The summed E-state index contributed by atoms with van der Waals surface area (Å²) in [6.07, 6.45) is 8.77. The van der Waals surface area contributed by atoms with Gasteiger partial charge in [0.15, 0.2) is 0 Å². The van der Waals surface area contributed by atoms with E-state index in [-0.39, 0.29) is 30.1 Å². The molecule has 2 bridgehead atoms. The van der Waals surface area contributed by atoms with Crippen LogP contribution in [0.2, 0.25) is 0 Å². The Kier molecular flexibility index (Phi) is 6.32. The third-order valence-electron chi connectivity index (χ3n) is 5.80. The van der Waals surface area contributed by atoms with Gasteiger partial charge < -0.3 is 15.5 Å². The molecule has 3 unspecified atom stereocenters. The normalized spacial score (nSPS) is 31.3. The van der Waals surface area contributed by atoms with Crippen LogP contribution in [-0.2, 0) is 9.59 Å². The van der Waals surface area contributed by atoms with Gasteiger partial charge >= 0.3 is 0 Å². The molecule has 2 N–H and O–H groups in total. The first kappa shape index (κ1) is 18.5. The highest BCUT2D eigenvalue weighted by Gasteiger charge is 2.37. The summed E-state index contributed by atoms with van der Waals surface area (Å²) >= 11 is 0. The minimum atomic E-state index is -0.411. The number of fused-ring (bicyclic) bond motifs is 2. The molecular weight excluding hydrogens is 314 g/mol. The SMILES string of the molecule is CC(NC(=O)C1CCCC1)C(=O)N(C)C1CC2CCC(C1)N2.Cl. The summed E-state index contributed by atoms with van der Waals surface area (Å²) in [6.45, 7) is 1.82. The van der Waals surface area contributed by atoms with Gasteiger partial charge in [-0.05, 0) is 45.4 Å². The molecule has 0 spiro atoms. The van der Waals surface area contributed by atoms with E-state index < -0.39 is 6.04 Å². The van der Waals surface area contributed by atoms with Crippen molar-refractivity contribution in [2.75, 3.05) is 7.05 Å². The molecule has 1 saturated carbocycles. The molecule has 2 amide bonds. The predicted octanol–water partition coefficient (Wildman–Crippen LogP) is 1.84. The van der Waals surface area contributed by atoms with E-state index in [0.717, 1.165) is 38.5 Å². The van der Waals surface area contributed by atoms with Crippen LogP contribution in [-0.4, -0.2) is 47.9 Å². The van der Waals surface area contributed by atoms with Crippen LogP contribution in [0.1, 0.15) is 58.3 Å². The van der Waals surface area contributed by atoms with Gasteiger partial charge in [-0.15, -0.1) is 12.4 Å². The maximum atomic E-state index is 12.6. The van der Waals surface area contributed by atoms with Crippen molar-refractivity contribution in [1.82, 2.24) is 15.5 Å². The highest BCUT2D eigenvalue weighted by Crippen LogP contribution is 2.29. The van der Waals surface area contributed by atoms with Crippen LogP contribution in [0.4, 0.5) is 0 Å². The molecule has 2 saturated heterocycles. The molecule has 3 rings (SSSR count). The van der Waals surface area contributed by atoms with Gasteiger partial charge in [0.2, 0.25) is 11.8 Å². The number of nitrogens with zero attached hydrogens (tertiary/aromatic N) is 1. The van der Waals surface area contributed by atoms with Crippen LogP contribution >= 0.6 is 12.4 Å². The number of likely N-dealkylation sites (N-methyl/N-ethyl adjacent to an activating group) is 1. The highest BCUT2D eigenvalue weighted by molar-refractivity contribution is 5.88. The van der Waals surface area contributed by atoms with Crippen molar-refractivity contribution in [3.05, 3.63) is 0 Å². The third-order valence-corrected chi connectivity index (χ3v) is 5.80. The molecule has 0 aromatic carbocycles. The van der Waals surface area contributed by atoms with Gasteiger partial charge in [-0.2, -0.15) is 0 Å². The van der Waals surface area contributed by atoms with E-state index in [2.05, 4.69) is 10.6 Å². The Morgan fingerprint density at radius 3 is 2.22 bits per heavy atom. The highest BCUT2D eigenvalue weighted by atomic mass is 35.5. The van der Waals surface area contributed by atoms with Crippen LogP contribution in [0.5, 0.6) is 0 Å². The monoisotopic (exact) mass is 343 g/mol. The molecule has 6 heteroatoms. The van der Waals surface area contributed by atoms with Crippen molar-refractivity contribution in [3.63, 3.8) is 0 Å². The minimum absolute atomic E-state index is 0. The van der Waals surface area contributed by atoms with Gasteiger partial charge in [-0.3, -0.25) is 9.59 Å². The molecule has 0 aromatic rings. The van der Waals surface area contributed by atoms with E-state index in [0.29, 0.717) is 18.1 Å². The fourth-order valence-electron chi connectivity index (χ4n) is 4.41. The summed E-state index contributed by atoms with van der Waals surface area (Å²) < 4.78 is 0. The Bertz CT molecular complexity index is 428. The van der Waals surface area contributed by atoms with Crippen molar-refractivity contribution < 1.29 is 9.59 Å². The number of hydrogen-bond acceptors (Lipinski definition) is 3. The zero-order chi connectivity index (χ0) is 15.7. The Hall–Kier alpha value is -0.810. The average molecular weight is 344 g/mol. The lowest BCUT2D eigenvalue weighted by Gasteiger charge is -2.36. The van der Waals surface area contributed by atoms with Crippen LogP contribution in [0.3, 0.4) is 0 Å². The number of halogens is 1. The molecule has 5 nitrogen and oxygen atoms in total. The molecule has 2 heterocycles. The molecule has 3 fully saturated rings. The lowest BCUT2D eigenvalue weighted by molar-refractivity contribution is -0.138. The summed E-state index contributed by atoms with van der Waals surface area (Å²) in [4.78, 5) is 26.7. The first-order valence-electron chi connectivity index (χ1n) is 8.87. The molecule has 3 aliphatic rings. The summed E-state index contributed by atoms with van der Waals surface area (Å²) in [6, 6.07) is 1.05. The number of nitrogens with one attached hydrogen (secondary N) is 2. The Morgan fingerprint density at radius 2 is 1.65 bits per heavy atom. The van der Waals surface area contributed by atoms with E-state index in [1.165, 1.54) is 12.8 Å². The van der Waals surface area contributed by atoms with Gasteiger partial charge in [0, 0.05) is 31.1 Å². The molecule has 0 radical (unpaired) electrons. The van der Waals surface area contributed by atoms with Crippen LogP contribution in [0, 0.1) is 5.92 Å². The van der Waals surface area contributed by atoms with Crippen LogP contribution in [0.15, 0.2) is 0 Å². The number of hydrogen-bond donors (Lipinski definition) is 2. The Balaban J connectivity index is 0.00000192. The van der Waals surface area contributed by atoms with E-state index in [1.807, 2.05) is 18.9 Å². The molecule has 23 heavy (non-hydrogen) atoms. The predicted molar refractivity (Wildman–Crippen MR) is 92.5 cm³/mol. The molecule has 2 aliphatic heterocycles. The van der Waals surface area contributed by atoms with Gasteiger partial charge in [0.25, 0.3) is 0 Å². The molecule has 3 atom stereocenters. The van der Waals surface area contributed by atoms with Crippen LogP contribution in [0.25, 0.3) is 0 Å². The van der Waals surface area contributed by atoms with Gasteiger partial charge in [-0.1, -0.05) is 12.8 Å².